The summed E-state index contributed by atoms with van der Waals surface area (Å²) >= 11 is 0. The van der Waals surface area contributed by atoms with Gasteiger partial charge in [-0.05, 0) is 19.3 Å². The standard InChI is InChI=1S/C12H24N2O2/c1-2-3-4-5-11(13)12(16)14-8-6-10(15)7-9-14/h10-11,15H,2-9,13H2,1H3. The summed E-state index contributed by atoms with van der Waals surface area (Å²) in [6.45, 7) is 3.45. The van der Waals surface area contributed by atoms with Crippen LogP contribution in [0.2, 0.25) is 0 Å². The van der Waals surface area contributed by atoms with Crippen LogP contribution in [0.3, 0.4) is 0 Å². The van der Waals surface area contributed by atoms with Crippen molar-refractivity contribution < 1.29 is 9.90 Å². The van der Waals surface area contributed by atoms with Crippen molar-refractivity contribution in [2.75, 3.05) is 13.1 Å². The third-order valence-electron chi connectivity index (χ3n) is 3.21. The van der Waals surface area contributed by atoms with E-state index in [1.54, 1.807) is 4.90 Å². The predicted octanol–water partition coefficient (Wildman–Crippen LogP) is 0.877. The highest BCUT2D eigenvalue weighted by Crippen LogP contribution is 2.12. The number of aliphatic hydroxyl groups excluding tert-OH is 1. The lowest BCUT2D eigenvalue weighted by molar-refractivity contribution is -0.134. The number of amides is 1. The molecule has 0 aromatic carbocycles. The highest BCUT2D eigenvalue weighted by molar-refractivity contribution is 5.81. The fourth-order valence-electron chi connectivity index (χ4n) is 2.06. The van der Waals surface area contributed by atoms with Crippen molar-refractivity contribution >= 4 is 5.91 Å². The molecule has 4 nitrogen and oxygen atoms in total. The summed E-state index contributed by atoms with van der Waals surface area (Å²) in [5, 5.41) is 9.35. The van der Waals surface area contributed by atoms with Crippen molar-refractivity contribution in [2.24, 2.45) is 5.73 Å². The van der Waals surface area contributed by atoms with E-state index in [2.05, 4.69) is 6.92 Å². The molecule has 1 heterocycles. The molecule has 1 atom stereocenters. The van der Waals surface area contributed by atoms with Gasteiger partial charge in [0.1, 0.15) is 0 Å². The largest absolute Gasteiger partial charge is 0.393 e. The second-order valence-corrected chi connectivity index (χ2v) is 4.66. The Labute approximate surface area is 97.8 Å². The zero-order valence-electron chi connectivity index (χ0n) is 10.2. The first-order valence-electron chi connectivity index (χ1n) is 6.37. The number of hydrogen-bond acceptors (Lipinski definition) is 3. The van der Waals surface area contributed by atoms with E-state index in [0.717, 1.165) is 25.7 Å². The highest BCUT2D eigenvalue weighted by Gasteiger charge is 2.24. The highest BCUT2D eigenvalue weighted by atomic mass is 16.3. The molecule has 1 fully saturated rings. The van der Waals surface area contributed by atoms with Gasteiger partial charge in [-0.1, -0.05) is 26.2 Å². The summed E-state index contributed by atoms with van der Waals surface area (Å²) < 4.78 is 0. The molecule has 1 aliphatic rings. The van der Waals surface area contributed by atoms with E-state index in [1.165, 1.54) is 0 Å². The van der Waals surface area contributed by atoms with Crippen molar-refractivity contribution in [3.05, 3.63) is 0 Å². The summed E-state index contributed by atoms with van der Waals surface area (Å²) in [5.74, 6) is 0.0583. The van der Waals surface area contributed by atoms with Gasteiger partial charge in [0.05, 0.1) is 12.1 Å². The van der Waals surface area contributed by atoms with Gasteiger partial charge in [-0.2, -0.15) is 0 Å². The van der Waals surface area contributed by atoms with E-state index >= 15 is 0 Å². The fourth-order valence-corrected chi connectivity index (χ4v) is 2.06. The first-order valence-corrected chi connectivity index (χ1v) is 6.37. The third-order valence-corrected chi connectivity index (χ3v) is 3.21. The molecule has 94 valence electrons. The molecule has 1 rings (SSSR count). The second-order valence-electron chi connectivity index (χ2n) is 4.66. The Kier molecular flexibility index (Phi) is 5.77. The Morgan fingerprint density at radius 2 is 2.06 bits per heavy atom. The molecule has 0 aliphatic carbocycles. The molecule has 0 radical (unpaired) electrons. The maximum Gasteiger partial charge on any atom is 0.239 e. The SMILES string of the molecule is CCCCCC(N)C(=O)N1CCC(O)CC1. The number of aliphatic hydroxyl groups is 1. The lowest BCUT2D eigenvalue weighted by Crippen LogP contribution is -2.47. The molecule has 0 bridgehead atoms. The minimum absolute atomic E-state index is 0.0583. The zero-order chi connectivity index (χ0) is 12.0. The summed E-state index contributed by atoms with van der Waals surface area (Å²) in [6.07, 6.45) is 5.24. The monoisotopic (exact) mass is 228 g/mol. The Bertz CT molecular complexity index is 213. The van der Waals surface area contributed by atoms with Crippen LogP contribution in [0.1, 0.15) is 45.4 Å². The molecule has 0 spiro atoms. The summed E-state index contributed by atoms with van der Waals surface area (Å²) in [6, 6.07) is -0.346. The Hall–Kier alpha value is -0.610. The van der Waals surface area contributed by atoms with Crippen LogP contribution in [-0.2, 0) is 4.79 Å². The first-order chi connectivity index (χ1) is 7.65. The van der Waals surface area contributed by atoms with Gasteiger partial charge < -0.3 is 15.7 Å². The lowest BCUT2D eigenvalue weighted by atomic mass is 10.0. The molecule has 1 aliphatic heterocycles. The van der Waals surface area contributed by atoms with Crippen molar-refractivity contribution in [3.63, 3.8) is 0 Å². The van der Waals surface area contributed by atoms with Crippen molar-refractivity contribution in [1.82, 2.24) is 4.90 Å². The number of carbonyl (C=O) groups is 1. The van der Waals surface area contributed by atoms with E-state index < -0.39 is 0 Å². The van der Waals surface area contributed by atoms with Crippen LogP contribution >= 0.6 is 0 Å². The van der Waals surface area contributed by atoms with Gasteiger partial charge in [0, 0.05) is 13.1 Å². The van der Waals surface area contributed by atoms with Crippen LogP contribution in [0.25, 0.3) is 0 Å². The normalized spacial score (nSPS) is 19.8. The summed E-state index contributed by atoms with van der Waals surface area (Å²) in [4.78, 5) is 13.7. The van der Waals surface area contributed by atoms with Gasteiger partial charge in [0.25, 0.3) is 0 Å². The second kappa shape index (κ2) is 6.86. The molecule has 0 saturated carbocycles. The Morgan fingerprint density at radius 3 is 2.62 bits per heavy atom. The fraction of sp³-hybridized carbons (Fsp3) is 0.917. The average molecular weight is 228 g/mol. The predicted molar refractivity (Wildman–Crippen MR) is 63.9 cm³/mol. The molecule has 4 heteroatoms. The molecule has 3 N–H and O–H groups in total. The number of rotatable bonds is 5. The van der Waals surface area contributed by atoms with Gasteiger partial charge in [-0.3, -0.25) is 4.79 Å². The summed E-state index contributed by atoms with van der Waals surface area (Å²) in [7, 11) is 0. The number of piperidine rings is 1. The number of carbonyl (C=O) groups excluding carboxylic acids is 1. The molecule has 1 amide bonds. The van der Waals surface area contributed by atoms with Crippen LogP contribution in [0.15, 0.2) is 0 Å². The number of nitrogens with two attached hydrogens (primary N) is 1. The summed E-state index contributed by atoms with van der Waals surface area (Å²) in [5.41, 5.74) is 5.87. The van der Waals surface area contributed by atoms with E-state index in [0.29, 0.717) is 25.9 Å². The van der Waals surface area contributed by atoms with Gasteiger partial charge in [-0.15, -0.1) is 0 Å². The molecular weight excluding hydrogens is 204 g/mol. The third kappa shape index (κ3) is 4.10. The smallest absolute Gasteiger partial charge is 0.239 e. The number of unbranched alkanes of at least 4 members (excludes halogenated alkanes) is 2. The Balaban J connectivity index is 2.27. The van der Waals surface area contributed by atoms with Gasteiger partial charge in [0.15, 0.2) is 0 Å². The number of likely N-dealkylation sites (tertiary alicyclic amines) is 1. The van der Waals surface area contributed by atoms with E-state index in [1.807, 2.05) is 0 Å². The minimum Gasteiger partial charge on any atom is -0.393 e. The minimum atomic E-state index is -0.346. The molecule has 0 aromatic rings. The number of hydrogen-bond donors (Lipinski definition) is 2. The van der Waals surface area contributed by atoms with Gasteiger partial charge in [-0.25, -0.2) is 0 Å². The molecule has 1 saturated heterocycles. The van der Waals surface area contributed by atoms with E-state index in [-0.39, 0.29) is 18.1 Å². The van der Waals surface area contributed by atoms with E-state index in [4.69, 9.17) is 5.73 Å². The van der Waals surface area contributed by atoms with Gasteiger partial charge in [0.2, 0.25) is 5.91 Å². The molecular formula is C12H24N2O2. The molecule has 16 heavy (non-hydrogen) atoms. The quantitative estimate of drug-likeness (QED) is 0.686. The molecule has 1 unspecified atom stereocenters. The first kappa shape index (κ1) is 13.5. The zero-order valence-corrected chi connectivity index (χ0v) is 10.2. The van der Waals surface area contributed by atoms with E-state index in [9.17, 15) is 9.90 Å². The van der Waals surface area contributed by atoms with Crippen LogP contribution in [0, 0.1) is 0 Å². The Morgan fingerprint density at radius 1 is 1.44 bits per heavy atom. The van der Waals surface area contributed by atoms with Crippen LogP contribution in [0.5, 0.6) is 0 Å². The van der Waals surface area contributed by atoms with Crippen molar-refractivity contribution in [1.29, 1.82) is 0 Å². The van der Waals surface area contributed by atoms with Crippen LogP contribution < -0.4 is 5.73 Å². The lowest BCUT2D eigenvalue weighted by Gasteiger charge is -2.31. The van der Waals surface area contributed by atoms with Crippen LogP contribution in [-0.4, -0.2) is 41.1 Å². The van der Waals surface area contributed by atoms with Crippen molar-refractivity contribution in [2.45, 2.75) is 57.6 Å². The maximum atomic E-state index is 11.9. The number of nitrogens with zero attached hydrogens (tertiary/aromatic N) is 1. The van der Waals surface area contributed by atoms with Crippen molar-refractivity contribution in [3.8, 4) is 0 Å². The maximum absolute atomic E-state index is 11.9. The average Bonchev–Trinajstić information content (AvgIpc) is 2.29. The molecule has 0 aromatic heterocycles. The van der Waals surface area contributed by atoms with Crippen LogP contribution in [0.4, 0.5) is 0 Å². The van der Waals surface area contributed by atoms with Gasteiger partial charge >= 0.3 is 0 Å². The topological polar surface area (TPSA) is 66.6 Å².